The third-order valence-electron chi connectivity index (χ3n) is 3.90. The second-order valence-corrected chi connectivity index (χ2v) is 6.35. The summed E-state index contributed by atoms with van der Waals surface area (Å²) in [6.07, 6.45) is 3.71. The molecule has 132 valence electrons. The first-order valence-corrected chi connectivity index (χ1v) is 8.30. The van der Waals surface area contributed by atoms with Crippen LogP contribution >= 0.6 is 15.9 Å². The first kappa shape index (κ1) is 17.8. The summed E-state index contributed by atoms with van der Waals surface area (Å²) in [4.78, 5) is 4.29. The molecule has 0 fully saturated rings. The van der Waals surface area contributed by atoms with E-state index in [0.717, 1.165) is 4.57 Å². The molecule has 1 atom stereocenters. The highest BCUT2D eigenvalue weighted by molar-refractivity contribution is 9.10. The van der Waals surface area contributed by atoms with Gasteiger partial charge in [-0.2, -0.15) is 8.78 Å². The first-order valence-electron chi connectivity index (χ1n) is 7.51. The van der Waals surface area contributed by atoms with Crippen LogP contribution in [0.25, 0.3) is 11.4 Å². The van der Waals surface area contributed by atoms with E-state index < -0.39 is 18.5 Å². The lowest BCUT2D eigenvalue weighted by Crippen LogP contribution is -2.05. The van der Waals surface area contributed by atoms with Crippen LogP contribution in [0.5, 0.6) is 0 Å². The number of hydrogen-bond acceptors (Lipinski definition) is 2. The molecule has 1 unspecified atom stereocenters. The van der Waals surface area contributed by atoms with E-state index in [1.54, 1.807) is 36.0 Å². The fourth-order valence-electron chi connectivity index (χ4n) is 2.69. The zero-order valence-corrected chi connectivity index (χ0v) is 14.8. The van der Waals surface area contributed by atoms with Crippen LogP contribution in [0.2, 0.25) is 0 Å². The second kappa shape index (κ2) is 7.05. The minimum Gasteiger partial charge on any atom is -0.389 e. The molecule has 0 saturated heterocycles. The van der Waals surface area contributed by atoms with Gasteiger partial charge in [0.2, 0.25) is 0 Å². The second-order valence-electron chi connectivity index (χ2n) is 5.60. The van der Waals surface area contributed by atoms with E-state index in [2.05, 4.69) is 20.9 Å². The highest BCUT2D eigenvalue weighted by atomic mass is 79.9. The molecule has 0 aliphatic heterocycles. The summed E-state index contributed by atoms with van der Waals surface area (Å²) < 4.78 is 42.2. The molecule has 0 bridgehead atoms. The Bertz CT molecular complexity index is 889. The molecular weight excluding hydrogens is 399 g/mol. The van der Waals surface area contributed by atoms with Crippen molar-refractivity contribution < 1.29 is 18.3 Å². The Hall–Kier alpha value is -2.06. The van der Waals surface area contributed by atoms with Crippen LogP contribution in [-0.2, 0) is 6.54 Å². The van der Waals surface area contributed by atoms with Crippen LogP contribution in [0, 0.1) is 5.82 Å². The molecule has 0 amide bonds. The van der Waals surface area contributed by atoms with E-state index in [4.69, 9.17) is 0 Å². The number of aliphatic hydroxyl groups excluding tert-OH is 1. The van der Waals surface area contributed by atoms with Gasteiger partial charge < -0.3 is 9.67 Å². The topological polar surface area (TPSA) is 43.0 Å². The van der Waals surface area contributed by atoms with Crippen LogP contribution in [0.3, 0.4) is 0 Å². The van der Waals surface area contributed by atoms with Crippen LogP contribution < -0.4 is 0 Å². The van der Waals surface area contributed by atoms with Crippen molar-refractivity contribution in [2.75, 3.05) is 0 Å². The summed E-state index contributed by atoms with van der Waals surface area (Å²) in [7, 11) is 0. The highest BCUT2D eigenvalue weighted by Gasteiger charge is 2.18. The van der Waals surface area contributed by atoms with Crippen molar-refractivity contribution in [2.45, 2.75) is 26.1 Å². The van der Waals surface area contributed by atoms with Gasteiger partial charge in [-0.25, -0.2) is 9.37 Å². The fraction of sp³-hybridized carbons (Fsp3) is 0.235. The molecule has 1 N–H and O–H groups in total. The highest BCUT2D eigenvalue weighted by Crippen LogP contribution is 2.30. The van der Waals surface area contributed by atoms with E-state index in [-0.39, 0.29) is 4.60 Å². The van der Waals surface area contributed by atoms with E-state index in [1.165, 1.54) is 18.3 Å². The number of imidazole rings is 1. The number of hydrogen-bond donors (Lipinski definition) is 1. The van der Waals surface area contributed by atoms with Crippen molar-refractivity contribution in [1.29, 1.82) is 0 Å². The lowest BCUT2D eigenvalue weighted by Gasteiger charge is -2.14. The van der Waals surface area contributed by atoms with Crippen molar-refractivity contribution in [1.82, 2.24) is 14.1 Å². The normalized spacial score (nSPS) is 12.8. The number of aliphatic hydroxyl groups is 1. The van der Waals surface area contributed by atoms with Crippen LogP contribution in [-0.4, -0.2) is 19.2 Å². The van der Waals surface area contributed by atoms with Crippen molar-refractivity contribution in [3.05, 3.63) is 64.4 Å². The van der Waals surface area contributed by atoms with Gasteiger partial charge in [0.25, 0.3) is 0 Å². The number of benzene rings is 1. The Morgan fingerprint density at radius 1 is 1.24 bits per heavy atom. The van der Waals surface area contributed by atoms with Crippen molar-refractivity contribution >= 4 is 15.9 Å². The van der Waals surface area contributed by atoms with Gasteiger partial charge in [0.15, 0.2) is 0 Å². The lowest BCUT2D eigenvalue weighted by atomic mass is 10.0. The monoisotopic (exact) mass is 413 g/mol. The first-order chi connectivity index (χ1) is 11.9. The predicted molar refractivity (Wildman–Crippen MR) is 90.7 cm³/mol. The van der Waals surface area contributed by atoms with E-state index in [0.29, 0.717) is 29.1 Å². The standard InChI is InChI=1S/C17H15BrF3N3O/c1-10(25)14-8-12(19)2-3-13(14)16-22-5-7-23(16)9-11-4-6-24(15(11)18)17(20)21/h2-8,10,17,25H,9H2,1H3. The molecule has 25 heavy (non-hydrogen) atoms. The molecule has 4 nitrogen and oxygen atoms in total. The van der Waals surface area contributed by atoms with Crippen LogP contribution in [0.4, 0.5) is 13.2 Å². The fourth-order valence-corrected chi connectivity index (χ4v) is 3.22. The van der Waals surface area contributed by atoms with Crippen molar-refractivity contribution in [3.63, 3.8) is 0 Å². The minimum absolute atomic E-state index is 0.289. The van der Waals surface area contributed by atoms with Gasteiger partial charge in [-0.15, -0.1) is 0 Å². The van der Waals surface area contributed by atoms with E-state index in [1.807, 2.05) is 0 Å². The zero-order chi connectivity index (χ0) is 18.1. The van der Waals surface area contributed by atoms with Crippen LogP contribution in [0.15, 0.2) is 47.5 Å². The maximum atomic E-state index is 13.5. The molecule has 0 spiro atoms. The molecule has 1 aromatic carbocycles. The van der Waals surface area contributed by atoms with Gasteiger partial charge in [-0.05, 0) is 52.7 Å². The largest absolute Gasteiger partial charge is 0.389 e. The van der Waals surface area contributed by atoms with Gasteiger partial charge in [0.05, 0.1) is 17.3 Å². The number of rotatable bonds is 5. The van der Waals surface area contributed by atoms with Crippen molar-refractivity contribution in [2.24, 2.45) is 0 Å². The quantitative estimate of drug-likeness (QED) is 0.655. The van der Waals surface area contributed by atoms with Crippen LogP contribution in [0.1, 0.15) is 30.7 Å². The number of alkyl halides is 2. The Labute approximate surface area is 150 Å². The summed E-state index contributed by atoms with van der Waals surface area (Å²) in [5, 5.41) is 9.92. The maximum Gasteiger partial charge on any atom is 0.319 e. The third kappa shape index (κ3) is 3.50. The molecular formula is C17H15BrF3N3O. The summed E-state index contributed by atoms with van der Waals surface area (Å²) in [5.41, 5.74) is 1.66. The number of aromatic nitrogens is 3. The molecule has 3 aromatic rings. The average Bonchev–Trinajstić information content (AvgIpc) is 3.15. The summed E-state index contributed by atoms with van der Waals surface area (Å²) in [6, 6.07) is 5.71. The Morgan fingerprint density at radius 3 is 2.64 bits per heavy atom. The van der Waals surface area contributed by atoms with Gasteiger partial charge in [0, 0.05) is 29.7 Å². The smallest absolute Gasteiger partial charge is 0.319 e. The zero-order valence-electron chi connectivity index (χ0n) is 13.2. The molecule has 2 aromatic heterocycles. The molecule has 2 heterocycles. The molecule has 0 radical (unpaired) electrons. The Balaban J connectivity index is 2.00. The summed E-state index contributed by atoms with van der Waals surface area (Å²) >= 11 is 3.19. The molecule has 0 aliphatic carbocycles. The van der Waals surface area contributed by atoms with E-state index >= 15 is 0 Å². The molecule has 0 aliphatic rings. The van der Waals surface area contributed by atoms with Gasteiger partial charge >= 0.3 is 6.55 Å². The number of nitrogens with zero attached hydrogens (tertiary/aromatic N) is 3. The average molecular weight is 414 g/mol. The predicted octanol–water partition coefficient (Wildman–Crippen LogP) is 4.75. The maximum absolute atomic E-state index is 13.5. The summed E-state index contributed by atoms with van der Waals surface area (Å²) in [6.45, 7) is -0.790. The minimum atomic E-state index is -2.63. The summed E-state index contributed by atoms with van der Waals surface area (Å²) in [5.74, 6) is 0.0714. The number of halogens is 4. The lowest BCUT2D eigenvalue weighted by molar-refractivity contribution is 0.0682. The van der Waals surface area contributed by atoms with E-state index in [9.17, 15) is 18.3 Å². The van der Waals surface area contributed by atoms with Crippen molar-refractivity contribution in [3.8, 4) is 11.4 Å². The third-order valence-corrected chi connectivity index (χ3v) is 4.82. The molecule has 0 saturated carbocycles. The van der Waals surface area contributed by atoms with Gasteiger partial charge in [-0.1, -0.05) is 0 Å². The SMILES string of the molecule is CC(O)c1cc(F)ccc1-c1nccn1Cc1ccn(C(F)F)c1Br. The Kier molecular flexibility index (Phi) is 5.01. The van der Waals surface area contributed by atoms with Gasteiger partial charge in [-0.3, -0.25) is 4.57 Å². The molecule has 8 heteroatoms. The molecule has 3 rings (SSSR count). The Morgan fingerprint density at radius 2 is 2.00 bits per heavy atom. The van der Waals surface area contributed by atoms with Gasteiger partial charge in [0.1, 0.15) is 11.6 Å².